The van der Waals surface area contributed by atoms with Gasteiger partial charge in [0.25, 0.3) is 5.91 Å². The minimum atomic E-state index is -0.299. The molecule has 0 unspecified atom stereocenters. The van der Waals surface area contributed by atoms with Gasteiger partial charge in [0.2, 0.25) is 0 Å². The molecule has 3 aromatic rings. The summed E-state index contributed by atoms with van der Waals surface area (Å²) in [5, 5.41) is 11.9. The van der Waals surface area contributed by atoms with E-state index in [-0.39, 0.29) is 5.91 Å². The largest absolute Gasteiger partial charge is 0.497 e. The van der Waals surface area contributed by atoms with Crippen molar-refractivity contribution in [2.75, 3.05) is 12.4 Å². The van der Waals surface area contributed by atoms with Gasteiger partial charge in [-0.2, -0.15) is 5.10 Å². The van der Waals surface area contributed by atoms with Gasteiger partial charge in [0, 0.05) is 10.6 Å². The van der Waals surface area contributed by atoms with Gasteiger partial charge in [0.05, 0.1) is 18.3 Å². The molecule has 3 rings (SSSR count). The summed E-state index contributed by atoms with van der Waals surface area (Å²) in [5.41, 5.74) is 1.04. The summed E-state index contributed by atoms with van der Waals surface area (Å²) >= 11 is 12.0. The van der Waals surface area contributed by atoms with Crippen LogP contribution in [0.2, 0.25) is 10.0 Å². The van der Waals surface area contributed by atoms with Crippen molar-refractivity contribution >= 4 is 34.9 Å². The first-order valence-corrected chi connectivity index (χ1v) is 7.65. The Morgan fingerprint density at radius 2 is 1.92 bits per heavy atom. The highest BCUT2D eigenvalue weighted by molar-refractivity contribution is 6.35. The third-order valence-corrected chi connectivity index (χ3v) is 3.75. The van der Waals surface area contributed by atoms with Crippen LogP contribution in [0.4, 0.5) is 5.82 Å². The molecule has 1 aromatic heterocycles. The Labute approximate surface area is 148 Å². The molecule has 1 amide bonds. The first-order valence-electron chi connectivity index (χ1n) is 6.90. The lowest BCUT2D eigenvalue weighted by atomic mass is 10.2. The maximum Gasteiger partial charge on any atom is 0.256 e. The second-order valence-electron chi connectivity index (χ2n) is 4.80. The van der Waals surface area contributed by atoms with Crippen molar-refractivity contribution < 1.29 is 9.53 Å². The van der Waals surface area contributed by atoms with Gasteiger partial charge in [0.15, 0.2) is 5.82 Å². The van der Waals surface area contributed by atoms with Crippen molar-refractivity contribution in [3.63, 3.8) is 0 Å². The van der Waals surface area contributed by atoms with E-state index in [0.717, 1.165) is 0 Å². The van der Waals surface area contributed by atoms with Crippen LogP contribution in [0.25, 0.3) is 5.69 Å². The number of hydrogen-bond acceptors (Lipinski definition) is 4. The average Bonchev–Trinajstić information content (AvgIpc) is 3.03. The summed E-state index contributed by atoms with van der Waals surface area (Å²) in [6, 6.07) is 11.7. The van der Waals surface area contributed by atoms with Gasteiger partial charge in [0.1, 0.15) is 11.4 Å². The van der Waals surface area contributed by atoms with E-state index in [1.807, 2.05) is 0 Å². The lowest BCUT2D eigenvalue weighted by Crippen LogP contribution is -2.12. The maximum absolute atomic E-state index is 12.2. The van der Waals surface area contributed by atoms with Gasteiger partial charge < -0.3 is 10.1 Å². The number of carbonyl (C=O) groups excluding carboxylic acids is 1. The van der Waals surface area contributed by atoms with Gasteiger partial charge in [-0.05, 0) is 42.5 Å². The smallest absolute Gasteiger partial charge is 0.256 e. The van der Waals surface area contributed by atoms with Crippen molar-refractivity contribution in [2.45, 2.75) is 0 Å². The second-order valence-corrected chi connectivity index (χ2v) is 5.64. The molecule has 0 saturated heterocycles. The monoisotopic (exact) mass is 362 g/mol. The highest BCUT2D eigenvalue weighted by atomic mass is 35.5. The second kappa shape index (κ2) is 6.90. The lowest BCUT2D eigenvalue weighted by molar-refractivity contribution is 0.102. The van der Waals surface area contributed by atoms with E-state index in [0.29, 0.717) is 32.9 Å². The van der Waals surface area contributed by atoms with E-state index in [2.05, 4.69) is 15.5 Å². The van der Waals surface area contributed by atoms with Crippen LogP contribution in [0.3, 0.4) is 0 Å². The third-order valence-electron chi connectivity index (χ3n) is 3.21. The maximum atomic E-state index is 12.2. The quantitative estimate of drug-likeness (QED) is 0.765. The molecule has 6 nitrogen and oxygen atoms in total. The van der Waals surface area contributed by atoms with Crippen LogP contribution < -0.4 is 10.1 Å². The fourth-order valence-electron chi connectivity index (χ4n) is 2.01. The van der Waals surface area contributed by atoms with Crippen LogP contribution in [0.15, 0.2) is 48.7 Å². The number of carbonyl (C=O) groups is 1. The van der Waals surface area contributed by atoms with Crippen molar-refractivity contribution in [1.82, 2.24) is 15.0 Å². The predicted octanol–water partition coefficient (Wildman–Crippen LogP) is 3.84. The van der Waals surface area contributed by atoms with Crippen LogP contribution in [0.1, 0.15) is 10.4 Å². The molecule has 0 aliphatic rings. The molecule has 1 N–H and O–H groups in total. The predicted molar refractivity (Wildman–Crippen MR) is 92.3 cm³/mol. The van der Waals surface area contributed by atoms with Crippen molar-refractivity contribution in [3.8, 4) is 11.4 Å². The molecule has 0 fully saturated rings. The molecule has 24 heavy (non-hydrogen) atoms. The standard InChI is InChI=1S/C16H12Cl2N4O2/c1-24-12-5-2-10(3-6-12)16(23)20-15-9-19-22(21-15)14-7-4-11(17)8-13(14)18/h2-9H,1H3,(H,20,21,23). The summed E-state index contributed by atoms with van der Waals surface area (Å²) in [4.78, 5) is 13.5. The summed E-state index contributed by atoms with van der Waals surface area (Å²) in [6.07, 6.45) is 1.44. The molecule has 0 atom stereocenters. The Morgan fingerprint density at radius 3 is 2.58 bits per heavy atom. The van der Waals surface area contributed by atoms with Gasteiger partial charge >= 0.3 is 0 Å². The van der Waals surface area contributed by atoms with E-state index >= 15 is 0 Å². The molecule has 0 bridgehead atoms. The zero-order valence-corrected chi connectivity index (χ0v) is 14.0. The Kier molecular flexibility index (Phi) is 4.69. The van der Waals surface area contributed by atoms with Crippen LogP contribution in [-0.4, -0.2) is 28.0 Å². The molecular weight excluding hydrogens is 351 g/mol. The van der Waals surface area contributed by atoms with Gasteiger partial charge in [-0.15, -0.1) is 9.90 Å². The summed E-state index contributed by atoms with van der Waals surface area (Å²) in [5.74, 6) is 0.684. The Balaban J connectivity index is 1.76. The number of amides is 1. The molecule has 0 saturated carbocycles. The molecule has 8 heteroatoms. The van der Waals surface area contributed by atoms with Crippen molar-refractivity contribution in [2.24, 2.45) is 0 Å². The van der Waals surface area contributed by atoms with E-state index in [9.17, 15) is 4.79 Å². The number of methoxy groups -OCH3 is 1. The average molecular weight is 363 g/mol. The highest BCUT2D eigenvalue weighted by Gasteiger charge is 2.11. The van der Waals surface area contributed by atoms with E-state index in [1.54, 1.807) is 49.6 Å². The number of aromatic nitrogens is 3. The van der Waals surface area contributed by atoms with Crippen LogP contribution in [-0.2, 0) is 0 Å². The first-order chi connectivity index (χ1) is 11.6. The SMILES string of the molecule is COc1ccc(C(=O)Nc2cnn(-c3ccc(Cl)cc3Cl)n2)cc1. The molecule has 1 heterocycles. The fourth-order valence-corrected chi connectivity index (χ4v) is 2.49. The number of rotatable bonds is 4. The van der Waals surface area contributed by atoms with E-state index in [4.69, 9.17) is 27.9 Å². The highest BCUT2D eigenvalue weighted by Crippen LogP contribution is 2.23. The van der Waals surface area contributed by atoms with Crippen LogP contribution >= 0.6 is 23.2 Å². The van der Waals surface area contributed by atoms with Gasteiger partial charge in [-0.25, -0.2) is 0 Å². The van der Waals surface area contributed by atoms with Gasteiger partial charge in [-0.3, -0.25) is 4.79 Å². The molecule has 0 spiro atoms. The van der Waals surface area contributed by atoms with Crippen molar-refractivity contribution in [3.05, 3.63) is 64.3 Å². The minimum Gasteiger partial charge on any atom is -0.497 e. The third kappa shape index (κ3) is 3.50. The summed E-state index contributed by atoms with van der Waals surface area (Å²) in [6.45, 7) is 0. The fraction of sp³-hybridized carbons (Fsp3) is 0.0625. The number of benzene rings is 2. The zero-order valence-electron chi connectivity index (χ0n) is 12.5. The molecule has 122 valence electrons. The normalized spacial score (nSPS) is 10.5. The minimum absolute atomic E-state index is 0.299. The number of ether oxygens (including phenoxy) is 1. The van der Waals surface area contributed by atoms with Gasteiger partial charge in [-0.1, -0.05) is 23.2 Å². The topological polar surface area (TPSA) is 69.0 Å². The van der Waals surface area contributed by atoms with Crippen LogP contribution in [0.5, 0.6) is 5.75 Å². The van der Waals surface area contributed by atoms with Crippen LogP contribution in [0, 0.1) is 0 Å². The molecule has 0 aliphatic heterocycles. The van der Waals surface area contributed by atoms with E-state index in [1.165, 1.54) is 11.0 Å². The number of halogens is 2. The Bertz CT molecular complexity index is 878. The number of anilines is 1. The molecule has 0 aliphatic carbocycles. The molecule has 0 radical (unpaired) electrons. The Hall–Kier alpha value is -2.57. The Morgan fingerprint density at radius 1 is 1.17 bits per heavy atom. The number of hydrogen-bond donors (Lipinski definition) is 1. The lowest BCUT2D eigenvalue weighted by Gasteiger charge is -2.04. The summed E-state index contributed by atoms with van der Waals surface area (Å²) < 4.78 is 5.06. The molecule has 2 aromatic carbocycles. The summed E-state index contributed by atoms with van der Waals surface area (Å²) in [7, 11) is 1.56. The first kappa shape index (κ1) is 16.3. The van der Waals surface area contributed by atoms with Crippen molar-refractivity contribution in [1.29, 1.82) is 0 Å². The number of nitrogens with one attached hydrogen (secondary N) is 1. The zero-order chi connectivity index (χ0) is 17.1. The number of nitrogens with zero attached hydrogens (tertiary/aromatic N) is 3. The van der Waals surface area contributed by atoms with E-state index < -0.39 is 0 Å². The molecular formula is C16H12Cl2N4O2.